The fourth-order valence-corrected chi connectivity index (χ4v) is 2.80. The van der Waals surface area contributed by atoms with E-state index in [1.807, 2.05) is 36.4 Å². The van der Waals surface area contributed by atoms with Gasteiger partial charge in [0.1, 0.15) is 0 Å². The predicted octanol–water partition coefficient (Wildman–Crippen LogP) is 3.43. The third-order valence-corrected chi connectivity index (χ3v) is 3.84. The van der Waals surface area contributed by atoms with Gasteiger partial charge in [-0.1, -0.05) is 35.9 Å². The summed E-state index contributed by atoms with van der Waals surface area (Å²) in [4.78, 5) is 12.5. The van der Waals surface area contributed by atoms with Crippen molar-refractivity contribution in [2.45, 2.75) is 18.9 Å². The Bertz CT molecular complexity index is 602. The highest BCUT2D eigenvalue weighted by Gasteiger charge is 2.24. The van der Waals surface area contributed by atoms with E-state index in [4.69, 9.17) is 11.6 Å². The van der Waals surface area contributed by atoms with Crippen molar-refractivity contribution < 1.29 is 4.79 Å². The fourth-order valence-electron chi connectivity index (χ4n) is 2.57. The molecule has 2 aromatic carbocycles. The third kappa shape index (κ3) is 1.92. The van der Waals surface area contributed by atoms with Crippen LogP contribution in [-0.2, 0) is 0 Å². The van der Waals surface area contributed by atoms with Crippen molar-refractivity contribution in [1.82, 2.24) is 5.32 Å². The molecule has 92 valence electrons. The van der Waals surface area contributed by atoms with E-state index >= 15 is 0 Å². The van der Waals surface area contributed by atoms with Crippen LogP contribution < -0.4 is 5.32 Å². The minimum absolute atomic E-state index is 0.0328. The molecule has 1 aliphatic rings. The molecule has 2 nitrogen and oxygen atoms in total. The second-order valence-electron chi connectivity index (χ2n) is 4.65. The summed E-state index contributed by atoms with van der Waals surface area (Å²) in [5.41, 5.74) is 0.773. The molecule has 1 aliphatic heterocycles. The second kappa shape index (κ2) is 4.71. The van der Waals surface area contributed by atoms with E-state index in [0.29, 0.717) is 5.02 Å². The molecule has 1 fully saturated rings. The number of hydrogen-bond donors (Lipinski definition) is 1. The fraction of sp³-hybridized carbons (Fsp3) is 0.267. The smallest absolute Gasteiger partial charge is 0.180 e. The van der Waals surface area contributed by atoms with E-state index in [1.165, 1.54) is 0 Å². The molecular formula is C15H14ClNO. The van der Waals surface area contributed by atoms with Gasteiger partial charge in [-0.3, -0.25) is 4.79 Å². The molecule has 0 saturated carbocycles. The number of rotatable bonds is 2. The lowest BCUT2D eigenvalue weighted by atomic mass is 9.97. The van der Waals surface area contributed by atoms with Gasteiger partial charge in [-0.15, -0.1) is 0 Å². The molecular weight excluding hydrogens is 246 g/mol. The number of nitrogens with one attached hydrogen (secondary N) is 1. The maximum atomic E-state index is 12.5. The van der Waals surface area contributed by atoms with Gasteiger partial charge in [-0.25, -0.2) is 0 Å². The van der Waals surface area contributed by atoms with Crippen LogP contribution in [0.25, 0.3) is 10.8 Å². The molecule has 1 N–H and O–H groups in total. The first kappa shape index (κ1) is 11.7. The zero-order valence-electron chi connectivity index (χ0n) is 9.95. The average molecular weight is 260 g/mol. The zero-order chi connectivity index (χ0) is 12.5. The molecule has 1 unspecified atom stereocenters. The molecule has 1 heterocycles. The Kier molecular flexibility index (Phi) is 3.06. The molecule has 0 bridgehead atoms. The standard InChI is InChI=1S/C15H14ClNO/c16-13-8-7-12(10-4-1-2-5-11(10)13)15(18)14-6-3-9-17-14/h1-2,4-5,7-8,14,17H,3,6,9H2. The van der Waals surface area contributed by atoms with Gasteiger partial charge >= 0.3 is 0 Å². The van der Waals surface area contributed by atoms with E-state index in [2.05, 4.69) is 5.32 Å². The van der Waals surface area contributed by atoms with Gasteiger partial charge in [0.25, 0.3) is 0 Å². The molecule has 0 spiro atoms. The van der Waals surface area contributed by atoms with Crippen molar-refractivity contribution in [3.8, 4) is 0 Å². The molecule has 0 amide bonds. The molecule has 2 aromatic rings. The van der Waals surface area contributed by atoms with Crippen LogP contribution in [0.1, 0.15) is 23.2 Å². The van der Waals surface area contributed by atoms with E-state index in [-0.39, 0.29) is 11.8 Å². The van der Waals surface area contributed by atoms with Crippen LogP contribution in [0, 0.1) is 0 Å². The number of hydrogen-bond acceptors (Lipinski definition) is 2. The zero-order valence-corrected chi connectivity index (χ0v) is 10.7. The van der Waals surface area contributed by atoms with Gasteiger partial charge in [0, 0.05) is 16.0 Å². The predicted molar refractivity (Wildman–Crippen MR) is 74.3 cm³/mol. The number of fused-ring (bicyclic) bond motifs is 1. The van der Waals surface area contributed by atoms with Gasteiger partial charge in [-0.2, -0.15) is 0 Å². The molecule has 0 radical (unpaired) electrons. The Morgan fingerprint density at radius 3 is 2.67 bits per heavy atom. The molecule has 3 heteroatoms. The highest BCUT2D eigenvalue weighted by atomic mass is 35.5. The van der Waals surface area contributed by atoms with Crippen LogP contribution in [0.4, 0.5) is 0 Å². The van der Waals surface area contributed by atoms with Crippen molar-refractivity contribution in [3.05, 3.63) is 47.0 Å². The normalized spacial score (nSPS) is 19.3. The Balaban J connectivity index is 2.11. The van der Waals surface area contributed by atoms with Crippen LogP contribution in [-0.4, -0.2) is 18.4 Å². The summed E-state index contributed by atoms with van der Waals surface area (Å²) in [5.74, 6) is 0.181. The summed E-state index contributed by atoms with van der Waals surface area (Å²) in [6, 6.07) is 11.4. The molecule has 1 atom stereocenters. The average Bonchev–Trinajstić information content (AvgIpc) is 2.93. The van der Waals surface area contributed by atoms with Gasteiger partial charge in [0.15, 0.2) is 5.78 Å². The first-order valence-electron chi connectivity index (χ1n) is 6.22. The SMILES string of the molecule is O=C(c1ccc(Cl)c2ccccc12)C1CCCN1. The number of carbonyl (C=O) groups excluding carboxylic acids is 1. The maximum absolute atomic E-state index is 12.5. The summed E-state index contributed by atoms with van der Waals surface area (Å²) < 4.78 is 0. The van der Waals surface area contributed by atoms with E-state index in [9.17, 15) is 4.79 Å². The summed E-state index contributed by atoms with van der Waals surface area (Å²) >= 11 is 6.17. The number of Topliss-reactive ketones (excluding diaryl/α,β-unsaturated/α-hetero) is 1. The first-order valence-corrected chi connectivity index (χ1v) is 6.60. The molecule has 18 heavy (non-hydrogen) atoms. The van der Waals surface area contributed by atoms with E-state index in [1.54, 1.807) is 0 Å². The van der Waals surface area contributed by atoms with Gasteiger partial charge in [0.05, 0.1) is 6.04 Å². The van der Waals surface area contributed by atoms with Crippen molar-refractivity contribution in [1.29, 1.82) is 0 Å². The van der Waals surface area contributed by atoms with Gasteiger partial charge in [-0.05, 0) is 36.9 Å². The molecule has 0 aliphatic carbocycles. The number of ketones is 1. The topological polar surface area (TPSA) is 29.1 Å². The third-order valence-electron chi connectivity index (χ3n) is 3.51. The first-order chi connectivity index (χ1) is 8.77. The molecule has 1 saturated heterocycles. The number of carbonyl (C=O) groups is 1. The second-order valence-corrected chi connectivity index (χ2v) is 5.06. The summed E-state index contributed by atoms with van der Waals surface area (Å²) in [6.07, 6.45) is 2.00. The van der Waals surface area contributed by atoms with Crippen LogP contribution in [0.3, 0.4) is 0 Å². The number of benzene rings is 2. The van der Waals surface area contributed by atoms with Crippen LogP contribution in [0.2, 0.25) is 5.02 Å². The maximum Gasteiger partial charge on any atom is 0.180 e. The van der Waals surface area contributed by atoms with Crippen molar-refractivity contribution in [2.75, 3.05) is 6.54 Å². The Morgan fingerprint density at radius 1 is 1.17 bits per heavy atom. The molecule has 3 rings (SSSR count). The van der Waals surface area contributed by atoms with Crippen LogP contribution in [0.15, 0.2) is 36.4 Å². The van der Waals surface area contributed by atoms with Crippen LogP contribution in [0.5, 0.6) is 0 Å². The monoisotopic (exact) mass is 259 g/mol. The highest BCUT2D eigenvalue weighted by Crippen LogP contribution is 2.28. The Labute approximate surface area is 111 Å². The summed E-state index contributed by atoms with van der Waals surface area (Å²) in [7, 11) is 0. The lowest BCUT2D eigenvalue weighted by Gasteiger charge is -2.12. The lowest BCUT2D eigenvalue weighted by Crippen LogP contribution is -2.30. The van der Waals surface area contributed by atoms with Crippen molar-refractivity contribution in [3.63, 3.8) is 0 Å². The van der Waals surface area contributed by atoms with E-state index < -0.39 is 0 Å². The van der Waals surface area contributed by atoms with Crippen molar-refractivity contribution in [2.24, 2.45) is 0 Å². The molecule has 0 aromatic heterocycles. The Hall–Kier alpha value is -1.38. The van der Waals surface area contributed by atoms with Gasteiger partial charge in [0.2, 0.25) is 0 Å². The summed E-state index contributed by atoms with van der Waals surface area (Å²) in [6.45, 7) is 0.932. The number of halogens is 1. The van der Waals surface area contributed by atoms with Crippen molar-refractivity contribution >= 4 is 28.2 Å². The minimum atomic E-state index is -0.0328. The minimum Gasteiger partial charge on any atom is -0.307 e. The van der Waals surface area contributed by atoms with Gasteiger partial charge < -0.3 is 5.32 Å². The quantitative estimate of drug-likeness (QED) is 0.838. The summed E-state index contributed by atoms with van der Waals surface area (Å²) in [5, 5.41) is 5.84. The van der Waals surface area contributed by atoms with Crippen LogP contribution >= 0.6 is 11.6 Å². The Morgan fingerprint density at radius 2 is 1.94 bits per heavy atom. The highest BCUT2D eigenvalue weighted by molar-refractivity contribution is 6.36. The van der Waals surface area contributed by atoms with E-state index in [0.717, 1.165) is 35.7 Å². The largest absolute Gasteiger partial charge is 0.307 e. The lowest BCUT2D eigenvalue weighted by molar-refractivity contribution is 0.0954.